The van der Waals surface area contributed by atoms with Crippen LogP contribution in [0.15, 0.2) is 24.4 Å². The fraction of sp³-hybridized carbons (Fsp3) is 0.357. The van der Waals surface area contributed by atoms with E-state index in [1.807, 2.05) is 40.2 Å². The van der Waals surface area contributed by atoms with E-state index < -0.39 is 0 Å². The lowest BCUT2D eigenvalue weighted by atomic mass is 9.98. The Morgan fingerprint density at radius 3 is 2.50 bits per heavy atom. The van der Waals surface area contributed by atoms with Crippen LogP contribution in [0.2, 0.25) is 0 Å². The second-order valence-electron chi connectivity index (χ2n) is 4.63. The fourth-order valence-corrected chi connectivity index (χ4v) is 2.33. The van der Waals surface area contributed by atoms with Crippen molar-refractivity contribution in [1.82, 2.24) is 15.1 Å². The maximum absolute atomic E-state index is 13.5. The Labute approximate surface area is 107 Å². The van der Waals surface area contributed by atoms with Gasteiger partial charge >= 0.3 is 0 Å². The smallest absolute Gasteiger partial charge is 0.123 e. The van der Waals surface area contributed by atoms with Crippen LogP contribution in [-0.2, 0) is 7.05 Å². The maximum atomic E-state index is 13.5. The predicted molar refractivity (Wildman–Crippen MR) is 70.0 cm³/mol. The van der Waals surface area contributed by atoms with Gasteiger partial charge in [-0.2, -0.15) is 5.10 Å². The van der Waals surface area contributed by atoms with E-state index in [1.165, 1.54) is 6.07 Å². The Balaban J connectivity index is 2.48. The van der Waals surface area contributed by atoms with Crippen LogP contribution < -0.4 is 5.32 Å². The summed E-state index contributed by atoms with van der Waals surface area (Å²) < 4.78 is 15.3. The minimum atomic E-state index is -0.202. The molecular weight excluding hydrogens is 229 g/mol. The highest BCUT2D eigenvalue weighted by atomic mass is 19.1. The van der Waals surface area contributed by atoms with Crippen molar-refractivity contribution in [3.8, 4) is 0 Å². The van der Waals surface area contributed by atoms with Gasteiger partial charge in [0.15, 0.2) is 0 Å². The van der Waals surface area contributed by atoms with Gasteiger partial charge in [0.05, 0.1) is 11.7 Å². The first-order valence-electron chi connectivity index (χ1n) is 5.95. The Kier molecular flexibility index (Phi) is 3.48. The fourth-order valence-electron chi connectivity index (χ4n) is 2.33. The third kappa shape index (κ3) is 2.43. The molecule has 1 unspecified atom stereocenters. The lowest BCUT2D eigenvalue weighted by molar-refractivity contribution is 0.614. The zero-order valence-corrected chi connectivity index (χ0v) is 11.2. The quantitative estimate of drug-likeness (QED) is 0.903. The third-order valence-electron chi connectivity index (χ3n) is 3.05. The van der Waals surface area contributed by atoms with E-state index >= 15 is 0 Å². The normalized spacial score (nSPS) is 12.7. The summed E-state index contributed by atoms with van der Waals surface area (Å²) in [6, 6.07) is 5.07. The largest absolute Gasteiger partial charge is 0.309 e. The van der Waals surface area contributed by atoms with Crippen molar-refractivity contribution < 1.29 is 4.39 Å². The molecular formula is C14H18FN3. The lowest BCUT2D eigenvalue weighted by Crippen LogP contribution is -2.18. The summed E-state index contributed by atoms with van der Waals surface area (Å²) in [4.78, 5) is 0. The monoisotopic (exact) mass is 247 g/mol. The van der Waals surface area contributed by atoms with Gasteiger partial charge in [0.2, 0.25) is 0 Å². The predicted octanol–water partition coefficient (Wildman–Crippen LogP) is 2.48. The number of nitrogens with zero attached hydrogens (tertiary/aromatic N) is 2. The van der Waals surface area contributed by atoms with Crippen molar-refractivity contribution in [2.45, 2.75) is 19.9 Å². The molecule has 4 heteroatoms. The molecule has 1 atom stereocenters. The number of aromatic nitrogens is 2. The van der Waals surface area contributed by atoms with Crippen LogP contribution in [0.3, 0.4) is 0 Å². The standard InChI is InChI=1S/C14H18FN3/c1-9-5-11(7-12(15)6-9)14(16-3)13-8-18(4)17-10(13)2/h5-8,14,16H,1-4H3. The number of halogens is 1. The summed E-state index contributed by atoms with van der Waals surface area (Å²) in [7, 11) is 3.76. The topological polar surface area (TPSA) is 29.9 Å². The van der Waals surface area contributed by atoms with Crippen molar-refractivity contribution >= 4 is 0 Å². The second-order valence-corrected chi connectivity index (χ2v) is 4.63. The highest BCUT2D eigenvalue weighted by molar-refractivity contribution is 5.35. The first kappa shape index (κ1) is 12.8. The number of benzene rings is 1. The van der Waals surface area contributed by atoms with Crippen LogP contribution in [0.25, 0.3) is 0 Å². The molecule has 0 aliphatic carbocycles. The molecule has 1 aromatic heterocycles. The maximum Gasteiger partial charge on any atom is 0.123 e. The lowest BCUT2D eigenvalue weighted by Gasteiger charge is -2.17. The van der Waals surface area contributed by atoms with Gasteiger partial charge in [0.25, 0.3) is 0 Å². The van der Waals surface area contributed by atoms with Gasteiger partial charge in [-0.05, 0) is 44.2 Å². The van der Waals surface area contributed by atoms with Gasteiger partial charge in [0, 0.05) is 18.8 Å². The summed E-state index contributed by atoms with van der Waals surface area (Å²) in [6.45, 7) is 3.86. The summed E-state index contributed by atoms with van der Waals surface area (Å²) in [5.74, 6) is -0.202. The van der Waals surface area contributed by atoms with Crippen LogP contribution in [-0.4, -0.2) is 16.8 Å². The molecule has 0 radical (unpaired) electrons. The van der Waals surface area contributed by atoms with E-state index in [0.717, 1.165) is 22.4 Å². The minimum absolute atomic E-state index is 0.0342. The molecule has 0 saturated carbocycles. The minimum Gasteiger partial charge on any atom is -0.309 e. The van der Waals surface area contributed by atoms with E-state index in [0.29, 0.717) is 0 Å². The Morgan fingerprint density at radius 1 is 1.28 bits per heavy atom. The molecule has 0 spiro atoms. The van der Waals surface area contributed by atoms with Gasteiger partial charge in [-0.3, -0.25) is 4.68 Å². The molecule has 2 rings (SSSR count). The number of aryl methyl sites for hydroxylation is 3. The molecule has 0 aliphatic heterocycles. The summed E-state index contributed by atoms with van der Waals surface area (Å²) in [5.41, 5.74) is 3.88. The summed E-state index contributed by atoms with van der Waals surface area (Å²) in [5, 5.41) is 7.56. The molecule has 18 heavy (non-hydrogen) atoms. The average molecular weight is 247 g/mol. The number of nitrogens with one attached hydrogen (secondary N) is 1. The summed E-state index contributed by atoms with van der Waals surface area (Å²) in [6.07, 6.45) is 1.97. The van der Waals surface area contributed by atoms with Gasteiger partial charge in [-0.15, -0.1) is 0 Å². The highest BCUT2D eigenvalue weighted by Crippen LogP contribution is 2.25. The molecule has 1 heterocycles. The van der Waals surface area contributed by atoms with E-state index in [-0.39, 0.29) is 11.9 Å². The zero-order chi connectivity index (χ0) is 13.3. The van der Waals surface area contributed by atoms with E-state index in [9.17, 15) is 4.39 Å². The molecule has 0 aliphatic rings. The molecule has 1 aromatic carbocycles. The average Bonchev–Trinajstić information content (AvgIpc) is 2.58. The van der Waals surface area contributed by atoms with Crippen LogP contribution in [0.4, 0.5) is 4.39 Å². The van der Waals surface area contributed by atoms with Gasteiger partial charge in [-0.25, -0.2) is 4.39 Å². The van der Waals surface area contributed by atoms with Crippen molar-refractivity contribution in [2.75, 3.05) is 7.05 Å². The van der Waals surface area contributed by atoms with Crippen LogP contribution in [0.1, 0.15) is 28.4 Å². The summed E-state index contributed by atoms with van der Waals surface area (Å²) >= 11 is 0. The first-order valence-corrected chi connectivity index (χ1v) is 5.95. The van der Waals surface area contributed by atoms with Gasteiger partial charge < -0.3 is 5.32 Å². The second kappa shape index (κ2) is 4.90. The number of rotatable bonds is 3. The van der Waals surface area contributed by atoms with Crippen molar-refractivity contribution in [1.29, 1.82) is 0 Å². The van der Waals surface area contributed by atoms with Gasteiger partial charge in [0.1, 0.15) is 5.82 Å². The van der Waals surface area contributed by atoms with Crippen molar-refractivity contribution in [2.24, 2.45) is 7.05 Å². The van der Waals surface area contributed by atoms with E-state index in [2.05, 4.69) is 10.4 Å². The molecule has 0 amide bonds. The molecule has 96 valence electrons. The highest BCUT2D eigenvalue weighted by Gasteiger charge is 2.17. The van der Waals surface area contributed by atoms with E-state index in [4.69, 9.17) is 0 Å². The van der Waals surface area contributed by atoms with Crippen LogP contribution in [0.5, 0.6) is 0 Å². The SMILES string of the molecule is CNC(c1cc(C)cc(F)c1)c1cn(C)nc1C. The Morgan fingerprint density at radius 2 is 2.00 bits per heavy atom. The number of hydrogen-bond acceptors (Lipinski definition) is 2. The molecule has 2 aromatic rings. The Bertz CT molecular complexity index is 540. The molecule has 0 saturated heterocycles. The van der Waals surface area contributed by atoms with Crippen molar-refractivity contribution in [3.05, 3.63) is 52.6 Å². The third-order valence-corrected chi connectivity index (χ3v) is 3.05. The Hall–Kier alpha value is -1.68. The zero-order valence-electron chi connectivity index (χ0n) is 11.2. The van der Waals surface area contributed by atoms with Crippen molar-refractivity contribution in [3.63, 3.8) is 0 Å². The van der Waals surface area contributed by atoms with Gasteiger partial charge in [-0.1, -0.05) is 6.07 Å². The number of hydrogen-bond donors (Lipinski definition) is 1. The van der Waals surface area contributed by atoms with Crippen LogP contribution in [0, 0.1) is 19.7 Å². The first-order chi connectivity index (χ1) is 8.51. The molecule has 1 N–H and O–H groups in total. The van der Waals surface area contributed by atoms with E-state index in [1.54, 1.807) is 10.7 Å². The molecule has 3 nitrogen and oxygen atoms in total. The molecule has 0 bridgehead atoms. The van der Waals surface area contributed by atoms with Crippen LogP contribution >= 0.6 is 0 Å². The molecule has 0 fully saturated rings.